The lowest BCUT2D eigenvalue weighted by Gasteiger charge is -2.00. The fourth-order valence-corrected chi connectivity index (χ4v) is 0. The molecule has 0 N–H and O–H groups in total. The van der Waals surface area contributed by atoms with Gasteiger partial charge in [-0.2, -0.15) is 0 Å². The van der Waals surface area contributed by atoms with E-state index in [1.165, 1.54) is 0 Å². The van der Waals surface area contributed by atoms with Crippen molar-refractivity contribution in [2.24, 2.45) is 0 Å². The Morgan fingerprint density at radius 1 is 2.00 bits per heavy atom. The van der Waals surface area contributed by atoms with Crippen molar-refractivity contribution in [2.45, 2.75) is 13.3 Å². The van der Waals surface area contributed by atoms with Crippen molar-refractivity contribution in [2.75, 3.05) is 0 Å². The monoisotopic (exact) mass is 71.1 g/mol. The first kappa shape index (κ1) is 4.54. The Morgan fingerprint density at radius 3 is 2.20 bits per heavy atom. The van der Waals surface area contributed by atoms with Gasteiger partial charge in [0.2, 0.25) is 0 Å². The van der Waals surface area contributed by atoms with E-state index in [9.17, 15) is 5.11 Å². The normalized spacial score (nSPS) is 7.40. The number of hydrogen-bond donors (Lipinski definition) is 0. The maximum Gasteiger partial charge on any atom is -0.0458 e. The summed E-state index contributed by atoms with van der Waals surface area (Å²) in [7, 11) is 0. The maximum absolute atomic E-state index is 9.70. The Labute approximate surface area is 31.9 Å². The summed E-state index contributed by atoms with van der Waals surface area (Å²) in [6.45, 7) is 4.91. The third-order valence-electron chi connectivity index (χ3n) is 0.394. The molecule has 0 unspecified atom stereocenters. The quantitative estimate of drug-likeness (QED) is 0.407. The van der Waals surface area contributed by atoms with Gasteiger partial charge in [0.15, 0.2) is 0 Å². The van der Waals surface area contributed by atoms with E-state index >= 15 is 0 Å². The average Bonchev–Trinajstić information content (AvgIpc) is 1.38. The van der Waals surface area contributed by atoms with E-state index in [0.29, 0.717) is 6.42 Å². The highest BCUT2D eigenvalue weighted by Gasteiger charge is 1.57. The Bertz CT molecular complexity index is 38.9. The Balaban J connectivity index is 2.85. The third-order valence-corrected chi connectivity index (χ3v) is 0.394. The van der Waals surface area contributed by atoms with Crippen LogP contribution < -0.4 is 5.11 Å². The molecule has 0 aliphatic rings. The van der Waals surface area contributed by atoms with Crippen LogP contribution in [-0.2, 0) is 0 Å². The maximum atomic E-state index is 9.70. The summed E-state index contributed by atoms with van der Waals surface area (Å²) in [4.78, 5) is 0. The molecule has 0 rings (SSSR count). The zero-order valence-corrected chi connectivity index (χ0v) is 3.32. The second-order valence-corrected chi connectivity index (χ2v) is 0.892. The minimum absolute atomic E-state index is 0.00463. The van der Waals surface area contributed by atoms with Gasteiger partial charge < -0.3 is 5.11 Å². The Morgan fingerprint density at radius 2 is 2.20 bits per heavy atom. The van der Waals surface area contributed by atoms with Gasteiger partial charge in [-0.3, -0.25) is 0 Å². The molecule has 0 bridgehead atoms. The standard InChI is InChI=1S/C4H8O/c1-3-4(2)5/h5H,2-3H2,1H3/p-1. The van der Waals surface area contributed by atoms with Crippen LogP contribution in [0.5, 0.6) is 0 Å². The smallest absolute Gasteiger partial charge is 0.0458 e. The molecule has 0 amide bonds. The molecular formula is C4H7O-. The molecule has 0 spiro atoms. The van der Waals surface area contributed by atoms with Crippen molar-refractivity contribution in [1.82, 2.24) is 0 Å². The summed E-state index contributed by atoms with van der Waals surface area (Å²) in [5.74, 6) is 0.00463. The van der Waals surface area contributed by atoms with Crippen LogP contribution in [0.3, 0.4) is 0 Å². The fraction of sp³-hybridized carbons (Fsp3) is 0.500. The molecule has 0 aromatic carbocycles. The van der Waals surface area contributed by atoms with Gasteiger partial charge in [0.25, 0.3) is 0 Å². The molecule has 0 aliphatic heterocycles. The molecule has 0 heterocycles. The zero-order chi connectivity index (χ0) is 4.28. The van der Waals surface area contributed by atoms with E-state index in [1.807, 2.05) is 0 Å². The fourth-order valence-electron chi connectivity index (χ4n) is 0. The highest BCUT2D eigenvalue weighted by atomic mass is 16.3. The number of hydrogen-bond acceptors (Lipinski definition) is 1. The van der Waals surface area contributed by atoms with Crippen LogP contribution in [0.4, 0.5) is 0 Å². The van der Waals surface area contributed by atoms with Crippen LogP contribution in [-0.4, -0.2) is 0 Å². The second-order valence-electron chi connectivity index (χ2n) is 0.892. The van der Waals surface area contributed by atoms with Crippen LogP contribution in [0.2, 0.25) is 0 Å². The van der Waals surface area contributed by atoms with E-state index in [2.05, 4.69) is 6.58 Å². The molecule has 0 aromatic heterocycles. The molecule has 0 saturated carbocycles. The molecule has 1 heteroatoms. The van der Waals surface area contributed by atoms with Crippen molar-refractivity contribution < 1.29 is 5.11 Å². The first-order chi connectivity index (χ1) is 2.27. The molecule has 0 radical (unpaired) electrons. The van der Waals surface area contributed by atoms with Gasteiger partial charge in [-0.15, -0.1) is 12.3 Å². The van der Waals surface area contributed by atoms with E-state index in [4.69, 9.17) is 0 Å². The summed E-state index contributed by atoms with van der Waals surface area (Å²) in [5.41, 5.74) is 0. The van der Waals surface area contributed by atoms with Gasteiger partial charge >= 0.3 is 0 Å². The first-order valence-electron chi connectivity index (χ1n) is 1.62. The largest absolute Gasteiger partial charge is 0.876 e. The molecule has 0 saturated heterocycles. The van der Waals surface area contributed by atoms with Crippen LogP contribution in [0.15, 0.2) is 12.3 Å². The van der Waals surface area contributed by atoms with E-state index in [0.717, 1.165) is 0 Å². The average molecular weight is 71.1 g/mol. The summed E-state index contributed by atoms with van der Waals surface area (Å²) in [6.07, 6.45) is 0.556. The first-order valence-corrected chi connectivity index (χ1v) is 1.62. The van der Waals surface area contributed by atoms with Crippen LogP contribution in [0.1, 0.15) is 13.3 Å². The summed E-state index contributed by atoms with van der Waals surface area (Å²) < 4.78 is 0. The predicted octanol–water partition coefficient (Wildman–Crippen LogP) is 0.270. The highest BCUT2D eigenvalue weighted by Crippen LogP contribution is 1.78. The van der Waals surface area contributed by atoms with E-state index < -0.39 is 0 Å². The van der Waals surface area contributed by atoms with E-state index in [-0.39, 0.29) is 5.76 Å². The van der Waals surface area contributed by atoms with Crippen LogP contribution >= 0.6 is 0 Å². The minimum atomic E-state index is 0.00463. The van der Waals surface area contributed by atoms with Crippen molar-refractivity contribution >= 4 is 0 Å². The topological polar surface area (TPSA) is 23.1 Å². The van der Waals surface area contributed by atoms with Gasteiger partial charge in [-0.1, -0.05) is 6.92 Å². The molecule has 0 aromatic rings. The third kappa shape index (κ3) is 3.54. The number of rotatable bonds is 1. The van der Waals surface area contributed by atoms with E-state index in [1.54, 1.807) is 6.92 Å². The Hall–Kier alpha value is -0.460. The van der Waals surface area contributed by atoms with Crippen LogP contribution in [0.25, 0.3) is 0 Å². The molecule has 1 nitrogen and oxygen atoms in total. The summed E-state index contributed by atoms with van der Waals surface area (Å²) in [5, 5.41) is 9.70. The molecule has 30 valence electrons. The zero-order valence-electron chi connectivity index (χ0n) is 3.32. The molecule has 5 heavy (non-hydrogen) atoms. The second kappa shape index (κ2) is 1.82. The van der Waals surface area contributed by atoms with Crippen molar-refractivity contribution in [3.8, 4) is 0 Å². The van der Waals surface area contributed by atoms with Crippen molar-refractivity contribution in [3.05, 3.63) is 12.3 Å². The SMILES string of the molecule is C=C([O-])CC. The Kier molecular flexibility index (Phi) is 1.65. The van der Waals surface area contributed by atoms with Gasteiger partial charge in [0.05, 0.1) is 0 Å². The van der Waals surface area contributed by atoms with Crippen LogP contribution in [0, 0.1) is 0 Å². The summed E-state index contributed by atoms with van der Waals surface area (Å²) >= 11 is 0. The van der Waals surface area contributed by atoms with Crippen molar-refractivity contribution in [3.63, 3.8) is 0 Å². The highest BCUT2D eigenvalue weighted by molar-refractivity contribution is 4.71. The lowest BCUT2D eigenvalue weighted by Crippen LogP contribution is -1.97. The minimum Gasteiger partial charge on any atom is -0.876 e. The number of allylic oxidation sites excluding steroid dienone is 1. The predicted molar refractivity (Wildman–Crippen MR) is 19.4 cm³/mol. The van der Waals surface area contributed by atoms with Gasteiger partial charge in [0.1, 0.15) is 0 Å². The lowest BCUT2D eigenvalue weighted by molar-refractivity contribution is -0.305. The van der Waals surface area contributed by atoms with Gasteiger partial charge in [0, 0.05) is 0 Å². The summed E-state index contributed by atoms with van der Waals surface area (Å²) in [6, 6.07) is 0. The molecule has 0 fully saturated rings. The molecule has 0 atom stereocenters. The van der Waals surface area contributed by atoms with Gasteiger partial charge in [-0.05, 0) is 6.42 Å². The molecule has 0 aliphatic carbocycles. The van der Waals surface area contributed by atoms with Gasteiger partial charge in [-0.25, -0.2) is 0 Å². The lowest BCUT2D eigenvalue weighted by atomic mass is 10.4. The molecular weight excluding hydrogens is 64.0 g/mol. The van der Waals surface area contributed by atoms with Crippen molar-refractivity contribution in [1.29, 1.82) is 0 Å².